The molecule has 0 aliphatic carbocycles. The second kappa shape index (κ2) is 4.97. The zero-order chi connectivity index (χ0) is 12.3. The van der Waals surface area contributed by atoms with Crippen molar-refractivity contribution < 1.29 is 4.79 Å². The normalized spacial score (nSPS) is 12.7. The number of carbonyl (C=O) groups is 1. The fourth-order valence-corrected chi connectivity index (χ4v) is 1.03. The summed E-state index contributed by atoms with van der Waals surface area (Å²) >= 11 is 0. The van der Waals surface area contributed by atoms with Gasteiger partial charge < -0.3 is 10.2 Å². The molecule has 0 radical (unpaired) electrons. The van der Waals surface area contributed by atoms with E-state index in [1.807, 2.05) is 11.9 Å². The van der Waals surface area contributed by atoms with E-state index in [-0.39, 0.29) is 17.0 Å². The first-order chi connectivity index (χ1) is 6.60. The number of hydrogen-bond acceptors (Lipinski definition) is 2. The highest BCUT2D eigenvalue weighted by Crippen LogP contribution is 2.16. The van der Waals surface area contributed by atoms with Crippen molar-refractivity contribution in [3.05, 3.63) is 0 Å². The third kappa shape index (κ3) is 5.17. The lowest BCUT2D eigenvalue weighted by molar-refractivity contribution is -0.134. The molecular weight excluding hydrogens is 188 g/mol. The van der Waals surface area contributed by atoms with E-state index in [0.717, 1.165) is 6.42 Å². The molecule has 0 fully saturated rings. The maximum Gasteiger partial charge on any atom is 0.236 e. The molecular formula is C12H26N2O. The monoisotopic (exact) mass is 214 g/mol. The van der Waals surface area contributed by atoms with Gasteiger partial charge in [0.15, 0.2) is 0 Å². The predicted molar refractivity (Wildman–Crippen MR) is 64.9 cm³/mol. The number of likely N-dealkylation sites (N-methyl/N-ethyl adjacent to an activating group) is 1. The van der Waals surface area contributed by atoms with Crippen LogP contribution in [-0.2, 0) is 4.79 Å². The van der Waals surface area contributed by atoms with Gasteiger partial charge in [-0.15, -0.1) is 0 Å². The predicted octanol–water partition coefficient (Wildman–Crippen LogP) is 2.02. The molecule has 0 aromatic carbocycles. The van der Waals surface area contributed by atoms with Crippen molar-refractivity contribution in [3.8, 4) is 0 Å². The highest BCUT2D eigenvalue weighted by atomic mass is 16.2. The minimum absolute atomic E-state index is 0.00709. The fourth-order valence-electron chi connectivity index (χ4n) is 1.03. The summed E-state index contributed by atoms with van der Waals surface area (Å²) in [5.74, 6) is 0.150. The highest BCUT2D eigenvalue weighted by Gasteiger charge is 2.25. The van der Waals surface area contributed by atoms with Gasteiger partial charge in [0, 0.05) is 18.1 Å². The Labute approximate surface area is 94.2 Å². The second-order valence-electron chi connectivity index (χ2n) is 5.72. The first kappa shape index (κ1) is 14.4. The molecule has 3 nitrogen and oxygen atoms in total. The van der Waals surface area contributed by atoms with Crippen LogP contribution in [0.15, 0.2) is 0 Å². The molecule has 3 heteroatoms. The number of nitrogens with one attached hydrogen (secondary N) is 1. The minimum atomic E-state index is -0.0589. The van der Waals surface area contributed by atoms with Gasteiger partial charge in [-0.25, -0.2) is 0 Å². The Morgan fingerprint density at radius 1 is 1.20 bits per heavy atom. The standard InChI is InChI=1S/C12H26N2O/c1-8-12(5,6)14(7)10(15)9-13-11(2,3)4/h13H,8-9H2,1-7H3. The molecule has 0 aliphatic rings. The summed E-state index contributed by atoms with van der Waals surface area (Å²) in [7, 11) is 1.87. The Kier molecular flexibility index (Phi) is 4.78. The SMILES string of the molecule is CCC(C)(C)N(C)C(=O)CNC(C)(C)C. The summed E-state index contributed by atoms with van der Waals surface area (Å²) in [6, 6.07) is 0. The van der Waals surface area contributed by atoms with Crippen LogP contribution < -0.4 is 5.32 Å². The first-order valence-electron chi connectivity index (χ1n) is 5.62. The summed E-state index contributed by atoms with van der Waals surface area (Å²) in [6.07, 6.45) is 0.963. The summed E-state index contributed by atoms with van der Waals surface area (Å²) < 4.78 is 0. The molecule has 0 heterocycles. The zero-order valence-corrected chi connectivity index (χ0v) is 11.3. The average molecular weight is 214 g/mol. The van der Waals surface area contributed by atoms with Gasteiger partial charge in [-0.3, -0.25) is 4.79 Å². The third-order valence-corrected chi connectivity index (χ3v) is 2.92. The first-order valence-corrected chi connectivity index (χ1v) is 5.62. The Balaban J connectivity index is 4.23. The number of nitrogens with zero attached hydrogens (tertiary/aromatic N) is 1. The van der Waals surface area contributed by atoms with Gasteiger partial charge in [0.1, 0.15) is 0 Å². The van der Waals surface area contributed by atoms with E-state index < -0.39 is 0 Å². The molecule has 1 amide bonds. The van der Waals surface area contributed by atoms with E-state index in [9.17, 15) is 4.79 Å². The number of hydrogen-bond donors (Lipinski definition) is 1. The lowest BCUT2D eigenvalue weighted by Crippen LogP contribution is -2.50. The average Bonchev–Trinajstić information content (AvgIpc) is 2.11. The van der Waals surface area contributed by atoms with Gasteiger partial charge in [0.05, 0.1) is 6.54 Å². The number of carbonyl (C=O) groups excluding carboxylic acids is 1. The van der Waals surface area contributed by atoms with Crippen LogP contribution in [0, 0.1) is 0 Å². The van der Waals surface area contributed by atoms with Crippen molar-refractivity contribution in [2.24, 2.45) is 0 Å². The molecule has 0 atom stereocenters. The maximum absolute atomic E-state index is 11.9. The van der Waals surface area contributed by atoms with Crippen molar-refractivity contribution in [1.82, 2.24) is 10.2 Å². The van der Waals surface area contributed by atoms with E-state index >= 15 is 0 Å². The lowest BCUT2D eigenvalue weighted by atomic mass is 10.00. The smallest absolute Gasteiger partial charge is 0.236 e. The third-order valence-electron chi connectivity index (χ3n) is 2.92. The molecule has 0 aromatic heterocycles. The van der Waals surface area contributed by atoms with Gasteiger partial charge in [-0.05, 0) is 41.0 Å². The van der Waals surface area contributed by atoms with E-state index in [4.69, 9.17) is 0 Å². The van der Waals surface area contributed by atoms with Gasteiger partial charge >= 0.3 is 0 Å². The van der Waals surface area contributed by atoms with Crippen LogP contribution >= 0.6 is 0 Å². The topological polar surface area (TPSA) is 32.3 Å². The molecule has 0 aromatic rings. The Morgan fingerprint density at radius 3 is 2.00 bits per heavy atom. The van der Waals surface area contributed by atoms with Crippen molar-refractivity contribution in [3.63, 3.8) is 0 Å². The number of amides is 1. The van der Waals surface area contributed by atoms with Crippen LogP contribution in [0.5, 0.6) is 0 Å². The molecule has 0 saturated heterocycles. The van der Waals surface area contributed by atoms with E-state index in [0.29, 0.717) is 6.54 Å². The molecule has 1 N–H and O–H groups in total. The Morgan fingerprint density at radius 2 is 1.67 bits per heavy atom. The van der Waals surface area contributed by atoms with E-state index in [1.165, 1.54) is 0 Å². The Hall–Kier alpha value is -0.570. The maximum atomic E-state index is 11.9. The van der Waals surface area contributed by atoms with Crippen LogP contribution in [0.1, 0.15) is 48.0 Å². The van der Waals surface area contributed by atoms with Crippen LogP contribution in [-0.4, -0.2) is 35.5 Å². The van der Waals surface area contributed by atoms with Crippen molar-refractivity contribution >= 4 is 5.91 Å². The van der Waals surface area contributed by atoms with Crippen molar-refractivity contribution in [1.29, 1.82) is 0 Å². The van der Waals surface area contributed by atoms with Crippen LogP contribution in [0.3, 0.4) is 0 Å². The summed E-state index contributed by atoms with van der Waals surface area (Å²) in [4.78, 5) is 13.7. The van der Waals surface area contributed by atoms with Crippen LogP contribution in [0.25, 0.3) is 0 Å². The molecule has 0 rings (SSSR count). The van der Waals surface area contributed by atoms with E-state index in [2.05, 4.69) is 46.9 Å². The molecule has 15 heavy (non-hydrogen) atoms. The van der Waals surface area contributed by atoms with E-state index in [1.54, 1.807) is 0 Å². The summed E-state index contributed by atoms with van der Waals surface area (Å²) in [5, 5.41) is 3.21. The summed E-state index contributed by atoms with van der Waals surface area (Å²) in [5.41, 5.74) is -0.0660. The molecule has 0 bridgehead atoms. The molecule has 0 saturated carbocycles. The van der Waals surface area contributed by atoms with Crippen molar-refractivity contribution in [2.45, 2.75) is 59.0 Å². The summed E-state index contributed by atoms with van der Waals surface area (Å²) in [6.45, 7) is 12.9. The minimum Gasteiger partial charge on any atom is -0.340 e. The van der Waals surface area contributed by atoms with Crippen LogP contribution in [0.4, 0.5) is 0 Å². The molecule has 90 valence electrons. The fraction of sp³-hybridized carbons (Fsp3) is 0.917. The molecule has 0 unspecified atom stereocenters. The van der Waals surface area contributed by atoms with Gasteiger partial charge in [0.25, 0.3) is 0 Å². The second-order valence-corrected chi connectivity index (χ2v) is 5.72. The van der Waals surface area contributed by atoms with Crippen LogP contribution in [0.2, 0.25) is 0 Å². The molecule has 0 aliphatic heterocycles. The molecule has 0 spiro atoms. The Bertz CT molecular complexity index is 216. The highest BCUT2D eigenvalue weighted by molar-refractivity contribution is 5.78. The van der Waals surface area contributed by atoms with Gasteiger partial charge in [0.2, 0.25) is 5.91 Å². The lowest BCUT2D eigenvalue weighted by Gasteiger charge is -2.35. The number of rotatable bonds is 4. The van der Waals surface area contributed by atoms with Gasteiger partial charge in [-0.1, -0.05) is 6.92 Å². The van der Waals surface area contributed by atoms with Gasteiger partial charge in [-0.2, -0.15) is 0 Å². The quantitative estimate of drug-likeness (QED) is 0.776. The largest absolute Gasteiger partial charge is 0.340 e. The van der Waals surface area contributed by atoms with Crippen molar-refractivity contribution in [2.75, 3.05) is 13.6 Å². The zero-order valence-electron chi connectivity index (χ0n) is 11.3.